The summed E-state index contributed by atoms with van der Waals surface area (Å²) in [6.07, 6.45) is 11.0. The molecular formula is C18H39NSn. The normalized spacial score (nSPS) is 12.9. The zero-order valence-corrected chi connectivity index (χ0v) is 17.8. The van der Waals surface area contributed by atoms with Crippen molar-refractivity contribution in [1.82, 2.24) is 0 Å². The minimum absolute atomic E-state index is 1.09. The zero-order valence-electron chi connectivity index (χ0n) is 14.9. The summed E-state index contributed by atoms with van der Waals surface area (Å²) in [5, 5.41) is 0. The maximum absolute atomic E-state index is 5.06. The summed E-state index contributed by atoms with van der Waals surface area (Å²) in [7, 11) is 0. The monoisotopic (exact) mass is 389 g/mol. The van der Waals surface area contributed by atoms with Crippen LogP contribution in [0.5, 0.6) is 0 Å². The fourth-order valence-electron chi connectivity index (χ4n) is 3.04. The predicted octanol–water partition coefficient (Wildman–Crippen LogP) is 6.64. The molecule has 0 rings (SSSR count). The van der Waals surface area contributed by atoms with Crippen molar-refractivity contribution < 1.29 is 0 Å². The summed E-state index contributed by atoms with van der Waals surface area (Å²) >= 11 is -2.12. The number of nitrogens with zero attached hydrogens (tertiary/aromatic N) is 1. The summed E-state index contributed by atoms with van der Waals surface area (Å²) in [6, 6.07) is 0. The van der Waals surface area contributed by atoms with Gasteiger partial charge in [0.05, 0.1) is 0 Å². The molecule has 0 unspecified atom stereocenters. The molecule has 0 aromatic heterocycles. The van der Waals surface area contributed by atoms with Crippen LogP contribution < -0.4 is 0 Å². The standard InChI is InChI=1S/C6H12N.3C4H9.Sn/c1-3-5-6-7-4-2;3*1-3-4-2;/h3,5-6H2,1-2H3;3*1,3-4H2,2H3;. The first-order valence-corrected chi connectivity index (χ1v) is 16.7. The summed E-state index contributed by atoms with van der Waals surface area (Å²) < 4.78 is 6.36. The van der Waals surface area contributed by atoms with Crippen LogP contribution in [0.15, 0.2) is 4.99 Å². The second kappa shape index (κ2) is 13.2. The van der Waals surface area contributed by atoms with Gasteiger partial charge < -0.3 is 0 Å². The molecule has 20 heavy (non-hydrogen) atoms. The van der Waals surface area contributed by atoms with E-state index in [1.54, 1.807) is 17.0 Å². The van der Waals surface area contributed by atoms with E-state index >= 15 is 0 Å². The number of hydrogen-bond donors (Lipinski definition) is 0. The van der Waals surface area contributed by atoms with Crippen LogP contribution in [0.3, 0.4) is 0 Å². The number of hydrogen-bond acceptors (Lipinski definition) is 1. The van der Waals surface area contributed by atoms with E-state index in [4.69, 9.17) is 4.99 Å². The van der Waals surface area contributed by atoms with E-state index in [1.165, 1.54) is 51.4 Å². The molecule has 0 heterocycles. The van der Waals surface area contributed by atoms with Crippen molar-refractivity contribution in [3.05, 3.63) is 0 Å². The van der Waals surface area contributed by atoms with Crippen molar-refractivity contribution >= 4 is 22.1 Å². The van der Waals surface area contributed by atoms with Crippen LogP contribution >= 0.6 is 0 Å². The molecule has 0 saturated carbocycles. The minimum atomic E-state index is -2.12. The van der Waals surface area contributed by atoms with Gasteiger partial charge in [0.15, 0.2) is 0 Å². The second-order valence-corrected chi connectivity index (χ2v) is 20.1. The fraction of sp³-hybridized carbons (Fsp3) is 0.944. The Morgan fingerprint density at radius 3 is 1.45 bits per heavy atom. The Bertz CT molecular complexity index is 226. The third-order valence-corrected chi connectivity index (χ3v) is 20.7. The van der Waals surface area contributed by atoms with Gasteiger partial charge in [-0.2, -0.15) is 0 Å². The van der Waals surface area contributed by atoms with Gasteiger partial charge in [0.25, 0.3) is 0 Å². The molecule has 0 saturated heterocycles. The van der Waals surface area contributed by atoms with E-state index in [0.29, 0.717) is 0 Å². The Balaban J connectivity index is 4.94. The molecular weight excluding hydrogens is 349 g/mol. The Morgan fingerprint density at radius 1 is 0.700 bits per heavy atom. The molecule has 0 N–H and O–H groups in total. The molecule has 0 aliphatic rings. The molecule has 1 nitrogen and oxygen atoms in total. The van der Waals surface area contributed by atoms with Gasteiger partial charge in [-0.3, -0.25) is 0 Å². The van der Waals surface area contributed by atoms with Crippen LogP contribution in [0.2, 0.25) is 13.3 Å². The first-order chi connectivity index (χ1) is 9.66. The molecule has 0 bridgehead atoms. The van der Waals surface area contributed by atoms with Gasteiger partial charge in [-0.25, -0.2) is 0 Å². The van der Waals surface area contributed by atoms with Gasteiger partial charge >= 0.3 is 133 Å². The van der Waals surface area contributed by atoms with Crippen LogP contribution in [-0.2, 0) is 0 Å². The Hall–Kier alpha value is 0.469. The topological polar surface area (TPSA) is 12.4 Å². The van der Waals surface area contributed by atoms with Crippen molar-refractivity contribution in [1.29, 1.82) is 0 Å². The zero-order chi connectivity index (χ0) is 15.3. The van der Waals surface area contributed by atoms with Crippen LogP contribution in [0, 0.1) is 0 Å². The quantitative estimate of drug-likeness (QED) is 0.191. The molecule has 0 aliphatic carbocycles. The molecule has 0 fully saturated rings. The molecule has 0 amide bonds. The average Bonchev–Trinajstić information content (AvgIpc) is 2.47. The Morgan fingerprint density at radius 2 is 1.10 bits per heavy atom. The van der Waals surface area contributed by atoms with Gasteiger partial charge in [0.1, 0.15) is 0 Å². The molecule has 0 spiro atoms. The van der Waals surface area contributed by atoms with Crippen LogP contribution in [0.4, 0.5) is 0 Å². The van der Waals surface area contributed by atoms with E-state index < -0.39 is 18.4 Å². The molecule has 2 heteroatoms. The summed E-state index contributed by atoms with van der Waals surface area (Å²) in [5.74, 6) is 0. The van der Waals surface area contributed by atoms with Crippen molar-refractivity contribution in [2.75, 3.05) is 6.54 Å². The van der Waals surface area contributed by atoms with E-state index in [1.807, 2.05) is 0 Å². The molecule has 0 atom stereocenters. The Kier molecular flexibility index (Phi) is 13.5. The second-order valence-electron chi connectivity index (χ2n) is 6.41. The summed E-state index contributed by atoms with van der Waals surface area (Å²) in [6.45, 7) is 12.8. The number of unbranched alkanes of at least 4 members (excludes halogenated alkanes) is 4. The van der Waals surface area contributed by atoms with E-state index in [2.05, 4.69) is 34.6 Å². The first-order valence-electron chi connectivity index (χ1n) is 9.18. The van der Waals surface area contributed by atoms with Crippen molar-refractivity contribution in [3.63, 3.8) is 0 Å². The van der Waals surface area contributed by atoms with E-state index in [-0.39, 0.29) is 0 Å². The predicted molar refractivity (Wildman–Crippen MR) is 97.8 cm³/mol. The van der Waals surface area contributed by atoms with Gasteiger partial charge in [-0.1, -0.05) is 0 Å². The summed E-state index contributed by atoms with van der Waals surface area (Å²) in [4.78, 5) is 5.06. The molecule has 0 aromatic rings. The Labute approximate surface area is 132 Å². The molecule has 0 aliphatic heterocycles. The number of aliphatic imine (C=N–C) groups is 1. The van der Waals surface area contributed by atoms with Gasteiger partial charge in [0.2, 0.25) is 0 Å². The third-order valence-electron chi connectivity index (χ3n) is 4.65. The molecule has 120 valence electrons. The van der Waals surface area contributed by atoms with E-state index in [0.717, 1.165) is 6.54 Å². The van der Waals surface area contributed by atoms with Gasteiger partial charge in [-0.05, 0) is 0 Å². The van der Waals surface area contributed by atoms with E-state index in [9.17, 15) is 0 Å². The average molecular weight is 388 g/mol. The maximum atomic E-state index is 5.06. The molecule has 0 aromatic carbocycles. The van der Waals surface area contributed by atoms with Crippen LogP contribution in [0.25, 0.3) is 0 Å². The van der Waals surface area contributed by atoms with Gasteiger partial charge in [-0.15, -0.1) is 0 Å². The van der Waals surface area contributed by atoms with Crippen LogP contribution in [0.1, 0.15) is 86.0 Å². The fourth-order valence-corrected chi connectivity index (χ4v) is 18.4. The van der Waals surface area contributed by atoms with Gasteiger partial charge in [0, 0.05) is 0 Å². The van der Waals surface area contributed by atoms with Crippen molar-refractivity contribution in [2.24, 2.45) is 4.99 Å². The third kappa shape index (κ3) is 8.04. The van der Waals surface area contributed by atoms with Crippen LogP contribution in [-0.4, -0.2) is 28.6 Å². The number of rotatable bonds is 13. The van der Waals surface area contributed by atoms with Crippen molar-refractivity contribution in [3.8, 4) is 0 Å². The first kappa shape index (κ1) is 20.5. The van der Waals surface area contributed by atoms with Crippen molar-refractivity contribution in [2.45, 2.75) is 99.3 Å². The molecule has 0 radical (unpaired) electrons. The summed E-state index contributed by atoms with van der Waals surface area (Å²) in [5.41, 5.74) is 0. The SMILES string of the molecule is CCCCN=[C](C)[Sn]([CH2]CCC)([CH2]CCC)[CH2]CCC.